The lowest BCUT2D eigenvalue weighted by Gasteiger charge is -2.19. The summed E-state index contributed by atoms with van der Waals surface area (Å²) in [6.07, 6.45) is 5.09. The highest BCUT2D eigenvalue weighted by Crippen LogP contribution is 2.21. The van der Waals surface area contributed by atoms with Crippen LogP contribution < -0.4 is 10.6 Å². The first kappa shape index (κ1) is 14.0. The van der Waals surface area contributed by atoms with Crippen LogP contribution in [-0.4, -0.2) is 30.0 Å². The van der Waals surface area contributed by atoms with E-state index >= 15 is 0 Å². The summed E-state index contributed by atoms with van der Waals surface area (Å²) in [5.74, 6) is 0.0848. The average Bonchev–Trinajstić information content (AvgIpc) is 2.80. The van der Waals surface area contributed by atoms with Crippen molar-refractivity contribution in [3.63, 3.8) is 0 Å². The van der Waals surface area contributed by atoms with Gasteiger partial charge < -0.3 is 10.6 Å². The van der Waals surface area contributed by atoms with E-state index in [0.717, 1.165) is 25.1 Å². The molecule has 0 aliphatic carbocycles. The summed E-state index contributed by atoms with van der Waals surface area (Å²) in [6.45, 7) is 8.33. The van der Waals surface area contributed by atoms with Crippen LogP contribution in [0.2, 0.25) is 0 Å². The number of carbonyl (C=O) groups is 1. The van der Waals surface area contributed by atoms with E-state index in [1.807, 2.05) is 6.20 Å². The van der Waals surface area contributed by atoms with Gasteiger partial charge in [0.1, 0.15) is 0 Å². The number of hydrogen-bond acceptors (Lipinski definition) is 3. The molecule has 4 nitrogen and oxygen atoms in total. The molecule has 2 heterocycles. The average molecular weight is 261 g/mol. The van der Waals surface area contributed by atoms with Gasteiger partial charge in [0.15, 0.2) is 0 Å². The predicted molar refractivity (Wildman–Crippen MR) is 76.1 cm³/mol. The molecule has 2 N–H and O–H groups in total. The molecule has 1 atom stereocenters. The Labute approximate surface area is 115 Å². The first-order valence-corrected chi connectivity index (χ1v) is 6.89. The zero-order valence-corrected chi connectivity index (χ0v) is 12.0. The van der Waals surface area contributed by atoms with Gasteiger partial charge in [0.2, 0.25) is 5.91 Å². The normalized spacial score (nSPS) is 19.4. The number of nitrogens with one attached hydrogen (secondary N) is 2. The van der Waals surface area contributed by atoms with Crippen molar-refractivity contribution in [2.45, 2.75) is 45.1 Å². The number of carbonyl (C=O) groups excluding carboxylic acids is 1. The van der Waals surface area contributed by atoms with Gasteiger partial charge in [-0.2, -0.15) is 0 Å². The monoisotopic (exact) mass is 261 g/mol. The van der Waals surface area contributed by atoms with E-state index in [1.54, 1.807) is 6.20 Å². The minimum Gasteiger partial charge on any atom is -0.352 e. The summed E-state index contributed by atoms with van der Waals surface area (Å²) < 4.78 is 0. The van der Waals surface area contributed by atoms with E-state index in [1.165, 1.54) is 5.56 Å². The quantitative estimate of drug-likeness (QED) is 0.865. The Bertz CT molecular complexity index is 445. The first-order valence-electron chi connectivity index (χ1n) is 6.89. The number of pyridine rings is 1. The zero-order valence-electron chi connectivity index (χ0n) is 12.0. The van der Waals surface area contributed by atoms with Crippen LogP contribution in [0.15, 0.2) is 18.5 Å². The van der Waals surface area contributed by atoms with Crippen molar-refractivity contribution < 1.29 is 4.79 Å². The van der Waals surface area contributed by atoms with Crippen LogP contribution in [0.25, 0.3) is 0 Å². The Morgan fingerprint density at radius 1 is 1.47 bits per heavy atom. The highest BCUT2D eigenvalue weighted by atomic mass is 16.1. The molecular weight excluding hydrogens is 238 g/mol. The van der Waals surface area contributed by atoms with Gasteiger partial charge >= 0.3 is 0 Å². The van der Waals surface area contributed by atoms with E-state index in [4.69, 9.17) is 0 Å². The fraction of sp³-hybridized carbons (Fsp3) is 0.600. The maximum absolute atomic E-state index is 12.0. The van der Waals surface area contributed by atoms with Crippen molar-refractivity contribution in [1.82, 2.24) is 15.6 Å². The van der Waals surface area contributed by atoms with Crippen molar-refractivity contribution in [3.8, 4) is 0 Å². The molecule has 0 spiro atoms. The van der Waals surface area contributed by atoms with Crippen LogP contribution in [0.3, 0.4) is 0 Å². The fourth-order valence-electron chi connectivity index (χ4n) is 2.24. The van der Waals surface area contributed by atoms with Gasteiger partial charge in [-0.1, -0.05) is 26.8 Å². The standard InChI is InChI=1S/C15H23N3O/c1-15(2,3)12-6-11(8-17-9-12)7-14(19)18-13-4-5-16-10-13/h6,8-9,13,16H,4-5,7,10H2,1-3H3,(H,18,19). The second kappa shape index (κ2) is 5.70. The lowest BCUT2D eigenvalue weighted by atomic mass is 9.87. The van der Waals surface area contributed by atoms with Gasteiger partial charge in [0.05, 0.1) is 6.42 Å². The molecule has 1 aliphatic rings. The molecule has 19 heavy (non-hydrogen) atoms. The fourth-order valence-corrected chi connectivity index (χ4v) is 2.24. The summed E-state index contributed by atoms with van der Waals surface area (Å²) in [7, 11) is 0. The number of hydrogen-bond donors (Lipinski definition) is 2. The van der Waals surface area contributed by atoms with Gasteiger partial charge in [0, 0.05) is 25.0 Å². The summed E-state index contributed by atoms with van der Waals surface area (Å²) in [4.78, 5) is 16.2. The summed E-state index contributed by atoms with van der Waals surface area (Å²) in [5.41, 5.74) is 2.21. The summed E-state index contributed by atoms with van der Waals surface area (Å²) >= 11 is 0. The molecule has 1 aromatic rings. The molecule has 0 bridgehead atoms. The summed E-state index contributed by atoms with van der Waals surface area (Å²) in [6, 6.07) is 2.37. The molecule has 1 fully saturated rings. The third-order valence-corrected chi connectivity index (χ3v) is 3.45. The molecule has 104 valence electrons. The third-order valence-electron chi connectivity index (χ3n) is 3.45. The van der Waals surface area contributed by atoms with Crippen molar-refractivity contribution in [2.75, 3.05) is 13.1 Å². The molecule has 0 radical (unpaired) electrons. The minimum absolute atomic E-state index is 0.0643. The van der Waals surface area contributed by atoms with Gasteiger partial charge in [-0.15, -0.1) is 0 Å². The van der Waals surface area contributed by atoms with Gasteiger partial charge in [-0.3, -0.25) is 9.78 Å². The Morgan fingerprint density at radius 3 is 2.89 bits per heavy atom. The number of rotatable bonds is 3. The second-order valence-electron chi connectivity index (χ2n) is 6.27. The molecule has 1 aliphatic heterocycles. The van der Waals surface area contributed by atoms with E-state index in [9.17, 15) is 4.79 Å². The predicted octanol–water partition coefficient (Wildman–Crippen LogP) is 1.40. The van der Waals surface area contributed by atoms with Crippen LogP contribution in [0.4, 0.5) is 0 Å². The minimum atomic E-state index is 0.0643. The maximum Gasteiger partial charge on any atom is 0.224 e. The molecule has 0 saturated carbocycles. The maximum atomic E-state index is 12.0. The smallest absolute Gasteiger partial charge is 0.224 e. The molecule has 1 aromatic heterocycles. The SMILES string of the molecule is CC(C)(C)c1cncc(CC(=O)NC2CCNC2)c1. The Kier molecular flexibility index (Phi) is 4.20. The topological polar surface area (TPSA) is 54.0 Å². The Morgan fingerprint density at radius 2 is 2.26 bits per heavy atom. The van der Waals surface area contributed by atoms with Crippen LogP contribution in [-0.2, 0) is 16.6 Å². The largest absolute Gasteiger partial charge is 0.352 e. The van der Waals surface area contributed by atoms with Crippen LogP contribution >= 0.6 is 0 Å². The van der Waals surface area contributed by atoms with Gasteiger partial charge in [0.25, 0.3) is 0 Å². The van der Waals surface area contributed by atoms with Gasteiger partial charge in [-0.25, -0.2) is 0 Å². The van der Waals surface area contributed by atoms with E-state index in [2.05, 4.69) is 42.5 Å². The van der Waals surface area contributed by atoms with E-state index in [0.29, 0.717) is 6.42 Å². The summed E-state index contributed by atoms with van der Waals surface area (Å²) in [5, 5.41) is 6.30. The van der Waals surface area contributed by atoms with Crippen LogP contribution in [0.5, 0.6) is 0 Å². The number of nitrogens with zero attached hydrogens (tertiary/aromatic N) is 1. The molecule has 1 unspecified atom stereocenters. The second-order valence-corrected chi connectivity index (χ2v) is 6.27. The molecule has 1 saturated heterocycles. The van der Waals surface area contributed by atoms with E-state index < -0.39 is 0 Å². The highest BCUT2D eigenvalue weighted by molar-refractivity contribution is 5.78. The molecule has 2 rings (SSSR count). The molecular formula is C15H23N3O. The zero-order chi connectivity index (χ0) is 13.9. The van der Waals surface area contributed by atoms with Crippen molar-refractivity contribution >= 4 is 5.91 Å². The Hall–Kier alpha value is -1.42. The van der Waals surface area contributed by atoms with Crippen LogP contribution in [0, 0.1) is 0 Å². The lowest BCUT2D eigenvalue weighted by Crippen LogP contribution is -2.37. The molecule has 0 aromatic carbocycles. The highest BCUT2D eigenvalue weighted by Gasteiger charge is 2.18. The molecule has 1 amide bonds. The van der Waals surface area contributed by atoms with Gasteiger partial charge in [-0.05, 0) is 29.5 Å². The molecule has 4 heteroatoms. The number of amides is 1. The lowest BCUT2D eigenvalue weighted by molar-refractivity contribution is -0.121. The van der Waals surface area contributed by atoms with Crippen molar-refractivity contribution in [1.29, 1.82) is 0 Å². The number of aromatic nitrogens is 1. The van der Waals surface area contributed by atoms with Crippen molar-refractivity contribution in [3.05, 3.63) is 29.6 Å². The Balaban J connectivity index is 1.96. The van der Waals surface area contributed by atoms with E-state index in [-0.39, 0.29) is 17.4 Å². The first-order chi connectivity index (χ1) is 8.95. The van der Waals surface area contributed by atoms with Crippen LogP contribution in [0.1, 0.15) is 38.3 Å². The third kappa shape index (κ3) is 4.03. The van der Waals surface area contributed by atoms with Crippen molar-refractivity contribution in [2.24, 2.45) is 0 Å².